The van der Waals surface area contributed by atoms with Gasteiger partial charge in [0, 0.05) is 26.0 Å². The molecule has 2 rings (SSSR count). The lowest BCUT2D eigenvalue weighted by Crippen LogP contribution is -2.51. The smallest absolute Gasteiger partial charge is 0.362 e. The van der Waals surface area contributed by atoms with Crippen molar-refractivity contribution in [3.05, 3.63) is 34.4 Å². The number of hydrogen-bond donors (Lipinski definition) is 0. The first-order chi connectivity index (χ1) is 9.28. The molecule has 8 heteroatoms. The molecular formula is C12H11NO7. The fourth-order valence-corrected chi connectivity index (χ4v) is 1.59. The Balaban J connectivity index is 2.11. The third-order valence-corrected chi connectivity index (χ3v) is 2.42. The van der Waals surface area contributed by atoms with E-state index in [4.69, 9.17) is 14.2 Å². The van der Waals surface area contributed by atoms with Gasteiger partial charge >= 0.3 is 11.9 Å². The minimum atomic E-state index is -1.54. The monoisotopic (exact) mass is 281 g/mol. The van der Waals surface area contributed by atoms with E-state index in [1.165, 1.54) is 38.1 Å². The van der Waals surface area contributed by atoms with Crippen LogP contribution in [0, 0.1) is 10.1 Å². The van der Waals surface area contributed by atoms with Gasteiger partial charge in [0.2, 0.25) is 0 Å². The molecule has 0 amide bonds. The van der Waals surface area contributed by atoms with Gasteiger partial charge in [-0.15, -0.1) is 0 Å². The topological polar surface area (TPSA) is 105 Å². The third kappa shape index (κ3) is 2.85. The number of benzene rings is 1. The number of nitro groups is 1. The maximum atomic E-state index is 11.6. The van der Waals surface area contributed by atoms with Crippen LogP contribution in [0.3, 0.4) is 0 Å². The highest BCUT2D eigenvalue weighted by Gasteiger charge is 2.45. The maximum absolute atomic E-state index is 11.6. The van der Waals surface area contributed by atoms with Gasteiger partial charge in [0.05, 0.1) is 4.92 Å². The van der Waals surface area contributed by atoms with Gasteiger partial charge in [0.1, 0.15) is 5.75 Å². The number of nitro benzene ring substituents is 1. The maximum Gasteiger partial charge on any atom is 0.362 e. The number of cyclic esters (lactones) is 2. The van der Waals surface area contributed by atoms with Crippen molar-refractivity contribution in [3.8, 4) is 5.75 Å². The van der Waals surface area contributed by atoms with Crippen LogP contribution in [0.15, 0.2) is 24.3 Å². The molecule has 0 aromatic heterocycles. The molecule has 0 N–H and O–H groups in total. The van der Waals surface area contributed by atoms with Crippen molar-refractivity contribution >= 4 is 17.6 Å². The highest BCUT2D eigenvalue weighted by Crippen LogP contribution is 2.24. The zero-order valence-electron chi connectivity index (χ0n) is 10.7. The summed E-state index contributed by atoms with van der Waals surface area (Å²) in [5, 5.41) is 10.5. The summed E-state index contributed by atoms with van der Waals surface area (Å²) >= 11 is 0. The Labute approximate surface area is 113 Å². The van der Waals surface area contributed by atoms with Crippen molar-refractivity contribution in [1.29, 1.82) is 0 Å². The molecule has 106 valence electrons. The number of esters is 2. The van der Waals surface area contributed by atoms with Crippen LogP contribution in [-0.2, 0) is 19.1 Å². The molecular weight excluding hydrogens is 270 g/mol. The highest BCUT2D eigenvalue weighted by atomic mass is 16.8. The van der Waals surface area contributed by atoms with Crippen LogP contribution < -0.4 is 4.74 Å². The van der Waals surface area contributed by atoms with Crippen LogP contribution >= 0.6 is 0 Å². The van der Waals surface area contributed by atoms with Crippen LogP contribution in [0.4, 0.5) is 5.69 Å². The van der Waals surface area contributed by atoms with Gasteiger partial charge in [-0.2, -0.15) is 0 Å². The van der Waals surface area contributed by atoms with Gasteiger partial charge in [-0.25, -0.2) is 9.59 Å². The Kier molecular flexibility index (Phi) is 3.31. The Bertz CT molecular complexity index is 544. The van der Waals surface area contributed by atoms with Crippen LogP contribution in [0.5, 0.6) is 5.75 Å². The molecule has 0 spiro atoms. The van der Waals surface area contributed by atoms with E-state index < -0.39 is 28.8 Å². The lowest BCUT2D eigenvalue weighted by atomic mass is 10.2. The average molecular weight is 281 g/mol. The average Bonchev–Trinajstić information content (AvgIpc) is 2.33. The number of carbonyl (C=O) groups is 2. The normalized spacial score (nSPS) is 18.1. The molecule has 1 aliphatic rings. The second-order valence-corrected chi connectivity index (χ2v) is 4.49. The zero-order chi connectivity index (χ0) is 14.9. The van der Waals surface area contributed by atoms with Crippen LogP contribution in [0.2, 0.25) is 0 Å². The van der Waals surface area contributed by atoms with Crippen LogP contribution in [0.25, 0.3) is 0 Å². The first-order valence-electron chi connectivity index (χ1n) is 5.65. The number of non-ortho nitro benzene ring substituents is 1. The second-order valence-electron chi connectivity index (χ2n) is 4.49. The SMILES string of the molecule is CC1(C)OC(=O)C(Oc2ccc([N+](=O)[O-])cc2)C(=O)O1. The summed E-state index contributed by atoms with van der Waals surface area (Å²) in [6, 6.07) is 4.94. The number of carbonyl (C=O) groups excluding carboxylic acids is 2. The van der Waals surface area contributed by atoms with E-state index in [0.29, 0.717) is 0 Å². The van der Waals surface area contributed by atoms with Gasteiger partial charge in [-0.1, -0.05) is 0 Å². The molecule has 8 nitrogen and oxygen atoms in total. The molecule has 0 atom stereocenters. The summed E-state index contributed by atoms with van der Waals surface area (Å²) in [5.41, 5.74) is -0.132. The molecule has 0 radical (unpaired) electrons. The molecule has 0 bridgehead atoms. The molecule has 1 saturated heterocycles. The molecule has 0 aliphatic carbocycles. The number of hydrogen-bond acceptors (Lipinski definition) is 7. The van der Waals surface area contributed by atoms with E-state index in [9.17, 15) is 19.7 Å². The number of rotatable bonds is 3. The zero-order valence-corrected chi connectivity index (χ0v) is 10.7. The Morgan fingerprint density at radius 3 is 2.10 bits per heavy atom. The molecule has 1 heterocycles. The van der Waals surface area contributed by atoms with Crippen molar-refractivity contribution in [2.24, 2.45) is 0 Å². The van der Waals surface area contributed by atoms with Gasteiger partial charge < -0.3 is 14.2 Å². The van der Waals surface area contributed by atoms with Crippen LogP contribution in [0.1, 0.15) is 13.8 Å². The lowest BCUT2D eigenvalue weighted by molar-refractivity contribution is -0.384. The fourth-order valence-electron chi connectivity index (χ4n) is 1.59. The van der Waals surface area contributed by atoms with E-state index in [1.54, 1.807) is 0 Å². The van der Waals surface area contributed by atoms with Gasteiger partial charge in [0.15, 0.2) is 0 Å². The first kappa shape index (κ1) is 13.8. The summed E-state index contributed by atoms with van der Waals surface area (Å²) < 4.78 is 14.9. The molecule has 1 aromatic rings. The quantitative estimate of drug-likeness (QED) is 0.354. The van der Waals surface area contributed by atoms with E-state index in [0.717, 1.165) is 0 Å². The van der Waals surface area contributed by atoms with E-state index in [-0.39, 0.29) is 11.4 Å². The van der Waals surface area contributed by atoms with Crippen molar-refractivity contribution < 1.29 is 28.7 Å². The van der Waals surface area contributed by atoms with Crippen molar-refractivity contribution in [2.45, 2.75) is 25.7 Å². The molecule has 0 unspecified atom stereocenters. The molecule has 20 heavy (non-hydrogen) atoms. The molecule has 1 fully saturated rings. The van der Waals surface area contributed by atoms with Crippen molar-refractivity contribution in [3.63, 3.8) is 0 Å². The van der Waals surface area contributed by atoms with E-state index in [1.807, 2.05) is 0 Å². The third-order valence-electron chi connectivity index (χ3n) is 2.42. The molecule has 1 aliphatic heterocycles. The van der Waals surface area contributed by atoms with Crippen molar-refractivity contribution in [2.75, 3.05) is 0 Å². The highest BCUT2D eigenvalue weighted by molar-refractivity contribution is 6.00. The van der Waals surface area contributed by atoms with Gasteiger partial charge in [-0.3, -0.25) is 10.1 Å². The first-order valence-corrected chi connectivity index (χ1v) is 5.65. The van der Waals surface area contributed by atoms with Crippen LogP contribution in [-0.4, -0.2) is 28.8 Å². The Hall–Kier alpha value is -2.64. The molecule has 0 saturated carbocycles. The number of nitrogens with zero attached hydrogens (tertiary/aromatic N) is 1. The Morgan fingerprint density at radius 1 is 1.15 bits per heavy atom. The van der Waals surface area contributed by atoms with E-state index >= 15 is 0 Å². The predicted molar refractivity (Wildman–Crippen MR) is 63.8 cm³/mol. The van der Waals surface area contributed by atoms with Crippen molar-refractivity contribution in [1.82, 2.24) is 0 Å². The molecule has 1 aromatic carbocycles. The number of ether oxygens (including phenoxy) is 3. The standard InChI is InChI=1S/C12H11NO7/c1-12(2)19-10(14)9(11(15)20-12)18-8-5-3-7(4-6-8)13(16)17/h3-6,9H,1-2H3. The fraction of sp³-hybridized carbons (Fsp3) is 0.333. The summed E-state index contributed by atoms with van der Waals surface area (Å²) in [7, 11) is 0. The summed E-state index contributed by atoms with van der Waals surface area (Å²) in [4.78, 5) is 33.2. The largest absolute Gasteiger partial charge is 0.467 e. The second kappa shape index (κ2) is 4.80. The predicted octanol–water partition coefficient (Wildman–Crippen LogP) is 1.18. The summed E-state index contributed by atoms with van der Waals surface area (Å²) in [5.74, 6) is -2.95. The minimum absolute atomic E-state index is 0.120. The summed E-state index contributed by atoms with van der Waals surface area (Å²) in [6.07, 6.45) is -1.54. The van der Waals surface area contributed by atoms with E-state index in [2.05, 4.69) is 0 Å². The van der Waals surface area contributed by atoms with Gasteiger partial charge in [0.25, 0.3) is 17.6 Å². The minimum Gasteiger partial charge on any atom is -0.467 e. The Morgan fingerprint density at radius 2 is 1.65 bits per heavy atom. The lowest BCUT2D eigenvalue weighted by Gasteiger charge is -2.32. The van der Waals surface area contributed by atoms with Gasteiger partial charge in [-0.05, 0) is 12.1 Å². The summed E-state index contributed by atoms with van der Waals surface area (Å²) in [6.45, 7) is 2.84.